The van der Waals surface area contributed by atoms with Crippen LogP contribution >= 0.6 is 11.3 Å². The lowest BCUT2D eigenvalue weighted by Gasteiger charge is -2.15. The number of aromatic amines is 1. The van der Waals surface area contributed by atoms with Crippen molar-refractivity contribution in [2.24, 2.45) is 0 Å². The largest absolute Gasteiger partial charge is 0.329 e. The van der Waals surface area contributed by atoms with E-state index >= 15 is 0 Å². The predicted octanol–water partition coefficient (Wildman–Crippen LogP) is 2.49. The van der Waals surface area contributed by atoms with E-state index in [1.165, 1.54) is 0 Å². The van der Waals surface area contributed by atoms with Gasteiger partial charge in [-0.2, -0.15) is 11.3 Å². The van der Waals surface area contributed by atoms with Crippen LogP contribution in [0, 0.1) is 0 Å². The van der Waals surface area contributed by atoms with Crippen LogP contribution in [-0.2, 0) is 4.79 Å². The second kappa shape index (κ2) is 6.13. The van der Waals surface area contributed by atoms with E-state index in [9.17, 15) is 9.59 Å². The van der Waals surface area contributed by atoms with Crippen molar-refractivity contribution in [3.05, 3.63) is 63.2 Å². The van der Waals surface area contributed by atoms with Crippen molar-refractivity contribution in [1.29, 1.82) is 0 Å². The normalized spacial score (nSPS) is 12.2. The third kappa shape index (κ3) is 2.79. The predicted molar refractivity (Wildman–Crippen MR) is 89.3 cm³/mol. The molecule has 0 radical (unpaired) electrons. The van der Waals surface area contributed by atoms with E-state index in [2.05, 4.69) is 15.6 Å². The minimum atomic E-state index is -0.402. The fraction of sp³-hybridized carbons (Fsp3) is 0.125. The number of amides is 1. The summed E-state index contributed by atoms with van der Waals surface area (Å²) in [7, 11) is 1.75. The minimum absolute atomic E-state index is 0.134. The molecule has 0 saturated carbocycles. The number of pyridine rings is 1. The van der Waals surface area contributed by atoms with E-state index in [1.54, 1.807) is 48.8 Å². The maximum Gasteiger partial charge on any atom is 0.255 e. The number of likely N-dealkylation sites (N-methyl/N-ethyl adjacent to an activating group) is 1. The number of benzene rings is 1. The molecule has 0 bridgehead atoms. The number of carbonyl (C=O) groups is 1. The lowest BCUT2D eigenvalue weighted by molar-refractivity contribution is -0.118. The van der Waals surface area contributed by atoms with Crippen LogP contribution in [-0.4, -0.2) is 17.9 Å². The van der Waals surface area contributed by atoms with Crippen LogP contribution < -0.4 is 16.2 Å². The van der Waals surface area contributed by atoms with Gasteiger partial charge in [-0.3, -0.25) is 9.59 Å². The lowest BCUT2D eigenvalue weighted by Crippen LogP contribution is -2.30. The number of H-pyrrole nitrogens is 1. The number of carbonyl (C=O) groups excluding carboxylic acids is 1. The van der Waals surface area contributed by atoms with Crippen molar-refractivity contribution in [2.75, 3.05) is 12.4 Å². The Hall–Kier alpha value is -2.44. The van der Waals surface area contributed by atoms with Gasteiger partial charge in [0.25, 0.3) is 5.56 Å². The standard InChI is InChI=1S/C16H15N3O2S/c1-17-14(11-5-7-22-9-11)16(21)19-12-2-3-13-10(8-12)4-6-18-15(13)20/h2-9,14,17H,1H3,(H,18,20)(H,19,21). The smallest absolute Gasteiger partial charge is 0.255 e. The van der Waals surface area contributed by atoms with Gasteiger partial charge in [0.05, 0.1) is 0 Å². The Kier molecular flexibility index (Phi) is 4.04. The van der Waals surface area contributed by atoms with Crippen LogP contribution in [0.15, 0.2) is 52.1 Å². The Morgan fingerprint density at radius 2 is 2.14 bits per heavy atom. The highest BCUT2D eigenvalue weighted by molar-refractivity contribution is 7.08. The van der Waals surface area contributed by atoms with Gasteiger partial charge in [-0.15, -0.1) is 0 Å². The van der Waals surface area contributed by atoms with E-state index in [1.807, 2.05) is 16.8 Å². The van der Waals surface area contributed by atoms with Crippen molar-refractivity contribution in [3.8, 4) is 0 Å². The van der Waals surface area contributed by atoms with Crippen molar-refractivity contribution in [1.82, 2.24) is 10.3 Å². The molecule has 1 amide bonds. The van der Waals surface area contributed by atoms with E-state index in [4.69, 9.17) is 0 Å². The van der Waals surface area contributed by atoms with Crippen LogP contribution in [0.4, 0.5) is 5.69 Å². The fourth-order valence-corrected chi connectivity index (χ4v) is 3.06. The Morgan fingerprint density at radius 1 is 1.27 bits per heavy atom. The molecule has 22 heavy (non-hydrogen) atoms. The van der Waals surface area contributed by atoms with Gasteiger partial charge in [0.2, 0.25) is 5.91 Å². The Balaban J connectivity index is 1.86. The summed E-state index contributed by atoms with van der Waals surface area (Å²) in [6.07, 6.45) is 1.60. The highest BCUT2D eigenvalue weighted by atomic mass is 32.1. The van der Waals surface area contributed by atoms with Gasteiger partial charge in [-0.25, -0.2) is 0 Å². The molecule has 3 aromatic rings. The SMILES string of the molecule is CNC(C(=O)Nc1ccc2c(=O)[nH]ccc2c1)c1ccsc1. The van der Waals surface area contributed by atoms with Crippen molar-refractivity contribution in [3.63, 3.8) is 0 Å². The highest BCUT2D eigenvalue weighted by Crippen LogP contribution is 2.20. The number of fused-ring (bicyclic) bond motifs is 1. The van der Waals surface area contributed by atoms with Gasteiger partial charge in [0, 0.05) is 17.3 Å². The Labute approximate surface area is 131 Å². The Bertz CT molecular complexity index is 855. The van der Waals surface area contributed by atoms with Gasteiger partial charge in [0.1, 0.15) is 6.04 Å². The summed E-state index contributed by atoms with van der Waals surface area (Å²) < 4.78 is 0. The summed E-state index contributed by atoms with van der Waals surface area (Å²) in [5.41, 5.74) is 1.46. The zero-order valence-electron chi connectivity index (χ0n) is 11.9. The molecule has 1 atom stereocenters. The molecule has 5 nitrogen and oxygen atoms in total. The van der Waals surface area contributed by atoms with Crippen LogP contribution in [0.25, 0.3) is 10.8 Å². The van der Waals surface area contributed by atoms with Gasteiger partial charge in [-0.1, -0.05) is 0 Å². The maximum absolute atomic E-state index is 12.4. The number of rotatable bonds is 4. The molecule has 1 aromatic carbocycles. The number of thiophene rings is 1. The number of nitrogens with one attached hydrogen (secondary N) is 3. The molecule has 6 heteroatoms. The minimum Gasteiger partial charge on any atom is -0.329 e. The summed E-state index contributed by atoms with van der Waals surface area (Å²) in [6.45, 7) is 0. The van der Waals surface area contributed by atoms with Crippen LogP contribution in [0.2, 0.25) is 0 Å². The number of anilines is 1. The molecular weight excluding hydrogens is 298 g/mol. The molecule has 2 heterocycles. The highest BCUT2D eigenvalue weighted by Gasteiger charge is 2.19. The topological polar surface area (TPSA) is 74.0 Å². The summed E-state index contributed by atoms with van der Waals surface area (Å²) in [4.78, 5) is 26.7. The molecule has 0 saturated heterocycles. The average Bonchev–Trinajstić information content (AvgIpc) is 3.02. The second-order valence-corrected chi connectivity index (χ2v) is 5.66. The van der Waals surface area contributed by atoms with Crippen LogP contribution in [0.1, 0.15) is 11.6 Å². The van der Waals surface area contributed by atoms with Crippen molar-refractivity contribution < 1.29 is 4.79 Å². The molecule has 1 unspecified atom stereocenters. The fourth-order valence-electron chi connectivity index (χ4n) is 2.37. The van der Waals surface area contributed by atoms with Crippen molar-refractivity contribution in [2.45, 2.75) is 6.04 Å². The number of aromatic nitrogens is 1. The van der Waals surface area contributed by atoms with Crippen LogP contribution in [0.3, 0.4) is 0 Å². The third-order valence-corrected chi connectivity index (χ3v) is 4.17. The molecule has 112 valence electrons. The first-order chi connectivity index (χ1) is 10.7. The third-order valence-electron chi connectivity index (χ3n) is 3.47. The molecular formula is C16H15N3O2S. The monoisotopic (exact) mass is 313 g/mol. The first-order valence-electron chi connectivity index (χ1n) is 6.81. The quantitative estimate of drug-likeness (QED) is 0.693. The molecule has 2 aromatic heterocycles. The Morgan fingerprint density at radius 3 is 2.86 bits per heavy atom. The average molecular weight is 313 g/mol. The van der Waals surface area contributed by atoms with Gasteiger partial charge in [-0.05, 0) is 59.1 Å². The summed E-state index contributed by atoms with van der Waals surface area (Å²) in [5.74, 6) is -0.134. The molecule has 3 rings (SSSR count). The second-order valence-electron chi connectivity index (χ2n) is 4.88. The lowest BCUT2D eigenvalue weighted by atomic mass is 10.1. The first-order valence-corrected chi connectivity index (χ1v) is 7.75. The molecule has 0 aliphatic rings. The summed E-state index contributed by atoms with van der Waals surface area (Å²) in [6, 6.07) is 8.56. The molecule has 0 aliphatic carbocycles. The molecule has 0 fully saturated rings. The first kappa shape index (κ1) is 14.5. The number of hydrogen-bond acceptors (Lipinski definition) is 4. The van der Waals surface area contributed by atoms with Gasteiger partial charge in [0.15, 0.2) is 0 Å². The van der Waals surface area contributed by atoms with Gasteiger partial charge >= 0.3 is 0 Å². The summed E-state index contributed by atoms with van der Waals surface area (Å²) >= 11 is 1.55. The molecule has 0 aliphatic heterocycles. The number of hydrogen-bond donors (Lipinski definition) is 3. The van der Waals surface area contributed by atoms with E-state index in [-0.39, 0.29) is 11.5 Å². The maximum atomic E-state index is 12.4. The van der Waals surface area contributed by atoms with E-state index in [0.29, 0.717) is 11.1 Å². The zero-order valence-corrected chi connectivity index (χ0v) is 12.7. The van der Waals surface area contributed by atoms with Crippen LogP contribution in [0.5, 0.6) is 0 Å². The zero-order chi connectivity index (χ0) is 15.5. The van der Waals surface area contributed by atoms with E-state index < -0.39 is 6.04 Å². The molecule has 0 spiro atoms. The summed E-state index contributed by atoms with van der Waals surface area (Å²) in [5, 5.41) is 11.2. The van der Waals surface area contributed by atoms with E-state index in [0.717, 1.165) is 10.9 Å². The molecule has 3 N–H and O–H groups in total. The van der Waals surface area contributed by atoms with Crippen molar-refractivity contribution >= 4 is 33.7 Å². The van der Waals surface area contributed by atoms with Gasteiger partial charge < -0.3 is 15.6 Å².